The number of hydrogen-bond acceptors (Lipinski definition) is 4. The normalized spacial score (nSPS) is 17.6. The minimum atomic E-state index is 0.0995. The maximum atomic E-state index is 5.27. The first kappa shape index (κ1) is 39.4. The van der Waals surface area contributed by atoms with Crippen molar-refractivity contribution in [3.63, 3.8) is 0 Å². The molecule has 2 spiro atoms. The lowest BCUT2D eigenvalue weighted by Crippen LogP contribution is -2.29. The molecule has 5 aliphatic carbocycles. The van der Waals surface area contributed by atoms with Crippen molar-refractivity contribution in [3.05, 3.63) is 197 Å². The second kappa shape index (κ2) is 15.4. The molecule has 4 heteroatoms. The van der Waals surface area contributed by atoms with Crippen molar-refractivity contribution < 1.29 is 0 Å². The highest BCUT2D eigenvalue weighted by atomic mass is 32.1. The van der Waals surface area contributed by atoms with E-state index in [4.69, 9.17) is 15.0 Å². The van der Waals surface area contributed by atoms with Gasteiger partial charge in [0.05, 0.1) is 0 Å². The predicted molar refractivity (Wildman–Crippen MR) is 279 cm³/mol. The number of nitrogens with zero attached hydrogens (tertiary/aromatic N) is 3. The molecule has 67 heavy (non-hydrogen) atoms. The van der Waals surface area contributed by atoms with Crippen LogP contribution in [0.3, 0.4) is 0 Å². The molecule has 5 aliphatic rings. The number of benzene rings is 7. The van der Waals surface area contributed by atoms with Gasteiger partial charge in [-0.05, 0) is 147 Å². The summed E-state index contributed by atoms with van der Waals surface area (Å²) < 4.78 is 2.49. The highest BCUT2D eigenvalue weighted by molar-refractivity contribution is 7.26. The Labute approximate surface area is 397 Å². The third kappa shape index (κ3) is 6.11. The Morgan fingerprint density at radius 3 is 1.66 bits per heavy atom. The number of allylic oxidation sites excluding steroid dienone is 4. The molecule has 0 aliphatic heterocycles. The van der Waals surface area contributed by atoms with Gasteiger partial charge in [0.1, 0.15) is 0 Å². The zero-order valence-electron chi connectivity index (χ0n) is 37.8. The van der Waals surface area contributed by atoms with Crippen molar-refractivity contribution in [2.24, 2.45) is 0 Å². The first-order valence-corrected chi connectivity index (χ1v) is 25.6. The second-order valence-corrected chi connectivity index (χ2v) is 21.0. The molecule has 0 bridgehead atoms. The molecule has 2 fully saturated rings. The molecule has 0 N–H and O–H groups in total. The van der Waals surface area contributed by atoms with Gasteiger partial charge in [0.15, 0.2) is 17.5 Å². The quantitative estimate of drug-likeness (QED) is 0.173. The van der Waals surface area contributed by atoms with Crippen LogP contribution < -0.4 is 0 Å². The molecule has 0 radical (unpaired) electrons. The van der Waals surface area contributed by atoms with Gasteiger partial charge < -0.3 is 0 Å². The van der Waals surface area contributed by atoms with Gasteiger partial charge in [-0.15, -0.1) is 11.3 Å². The molecule has 2 aromatic heterocycles. The van der Waals surface area contributed by atoms with Gasteiger partial charge >= 0.3 is 0 Å². The molecule has 0 unspecified atom stereocenters. The average molecular weight is 882 g/mol. The van der Waals surface area contributed by atoms with E-state index in [1.807, 2.05) is 17.4 Å². The van der Waals surface area contributed by atoms with E-state index in [0.29, 0.717) is 5.82 Å². The SMILES string of the molecule is C1=C(c2ccccc2)CCC(c2nc(-c3ccccc3)nc(-c3cccc4c3sc3ccc(-c5ccc6c(c5)-c5cc7c(cc5C65CCCCC5)-c5ccccc5C75CCCCC5)cc34)n2)=C1. The van der Waals surface area contributed by atoms with Crippen LogP contribution in [0.4, 0.5) is 0 Å². The van der Waals surface area contributed by atoms with E-state index in [9.17, 15) is 0 Å². The fourth-order valence-corrected chi connectivity index (χ4v) is 14.4. The Morgan fingerprint density at radius 2 is 0.925 bits per heavy atom. The van der Waals surface area contributed by atoms with E-state index >= 15 is 0 Å². The molecular formula is C63H51N3S. The third-order valence-corrected chi connectivity index (χ3v) is 17.7. The summed E-state index contributed by atoms with van der Waals surface area (Å²) in [7, 11) is 0. The van der Waals surface area contributed by atoms with Crippen molar-refractivity contribution in [1.82, 2.24) is 15.0 Å². The van der Waals surface area contributed by atoms with Crippen molar-refractivity contribution in [1.29, 1.82) is 0 Å². The molecule has 14 rings (SSSR count). The lowest BCUT2D eigenvalue weighted by atomic mass is 9.66. The van der Waals surface area contributed by atoms with Gasteiger partial charge in [0.25, 0.3) is 0 Å². The van der Waals surface area contributed by atoms with Crippen LogP contribution in [0.25, 0.3) is 87.5 Å². The van der Waals surface area contributed by atoms with Crippen molar-refractivity contribution in [2.45, 2.75) is 87.9 Å². The zero-order valence-corrected chi connectivity index (χ0v) is 38.6. The van der Waals surface area contributed by atoms with Crippen LogP contribution in [-0.4, -0.2) is 15.0 Å². The fourth-order valence-electron chi connectivity index (χ4n) is 13.2. The first-order valence-electron chi connectivity index (χ1n) is 24.8. The van der Waals surface area contributed by atoms with Crippen LogP contribution in [0.5, 0.6) is 0 Å². The van der Waals surface area contributed by atoms with Crippen LogP contribution in [0.1, 0.15) is 111 Å². The molecule has 7 aromatic carbocycles. The predicted octanol–water partition coefficient (Wildman–Crippen LogP) is 17.0. The largest absolute Gasteiger partial charge is 0.209 e. The summed E-state index contributed by atoms with van der Waals surface area (Å²) in [6.45, 7) is 0. The van der Waals surface area contributed by atoms with Crippen LogP contribution in [0.15, 0.2) is 164 Å². The van der Waals surface area contributed by atoms with Crippen LogP contribution >= 0.6 is 11.3 Å². The summed E-state index contributed by atoms with van der Waals surface area (Å²) in [5.41, 5.74) is 21.0. The van der Waals surface area contributed by atoms with Crippen LogP contribution in [0.2, 0.25) is 0 Å². The number of hydrogen-bond donors (Lipinski definition) is 0. The maximum Gasteiger partial charge on any atom is 0.165 e. The molecule has 3 nitrogen and oxygen atoms in total. The zero-order chi connectivity index (χ0) is 44.1. The standard InChI is InChI=1S/C63H51N3S/c1-5-16-40(17-6-1)41-24-26-43(27-25-41)60-64-59(42-18-7-2-8-19-42)65-61(66-60)48-22-15-21-47-52-37-45(29-31-57(52)67-58(47)48)44-28-30-54-49(36-44)51-39-55-50(38-56(51)63(54)34-13-4-14-35-63)46-20-9-10-23-53(46)62(55)32-11-3-12-33-62/h1-2,5-10,15-24,26,28-31,36-39H,3-4,11-14,25,27,32-35H2. The van der Waals surface area contributed by atoms with Crippen molar-refractivity contribution in [2.75, 3.05) is 0 Å². The van der Waals surface area contributed by atoms with Crippen LogP contribution in [0, 0.1) is 0 Å². The van der Waals surface area contributed by atoms with Crippen LogP contribution in [-0.2, 0) is 10.8 Å². The third-order valence-electron chi connectivity index (χ3n) is 16.5. The molecule has 0 amide bonds. The fraction of sp³-hybridized carbons (Fsp3) is 0.222. The number of rotatable bonds is 5. The van der Waals surface area contributed by atoms with E-state index in [2.05, 4.69) is 158 Å². The van der Waals surface area contributed by atoms with E-state index in [-0.39, 0.29) is 10.8 Å². The summed E-state index contributed by atoms with van der Waals surface area (Å²) in [4.78, 5) is 15.6. The van der Waals surface area contributed by atoms with Crippen molar-refractivity contribution in [3.8, 4) is 56.2 Å². The van der Waals surface area contributed by atoms with Gasteiger partial charge in [-0.25, -0.2) is 15.0 Å². The molecular weight excluding hydrogens is 831 g/mol. The average Bonchev–Trinajstić information content (AvgIpc) is 4.00. The molecule has 2 heterocycles. The molecule has 0 atom stereocenters. The first-order chi connectivity index (χ1) is 33.1. The minimum Gasteiger partial charge on any atom is -0.209 e. The number of aromatic nitrogens is 3. The van der Waals surface area contributed by atoms with E-state index in [1.165, 1.54) is 129 Å². The highest BCUT2D eigenvalue weighted by Gasteiger charge is 2.49. The molecule has 324 valence electrons. The monoisotopic (exact) mass is 881 g/mol. The Balaban J connectivity index is 0.878. The summed E-state index contributed by atoms with van der Waals surface area (Å²) in [6.07, 6.45) is 19.2. The Hall–Kier alpha value is -6.75. The molecule has 2 saturated carbocycles. The molecule has 9 aromatic rings. The number of thiophene rings is 1. The van der Waals surface area contributed by atoms with Gasteiger partial charge in [-0.2, -0.15) is 0 Å². The molecule has 0 saturated heterocycles. The topological polar surface area (TPSA) is 38.7 Å². The minimum absolute atomic E-state index is 0.0995. The van der Waals surface area contributed by atoms with E-state index < -0.39 is 0 Å². The summed E-state index contributed by atoms with van der Waals surface area (Å²) in [6, 6.07) is 57.2. The lowest BCUT2D eigenvalue weighted by Gasteiger charge is -2.37. The van der Waals surface area contributed by atoms with E-state index in [1.54, 1.807) is 22.3 Å². The highest BCUT2D eigenvalue weighted by Crippen LogP contribution is 2.62. The summed E-state index contributed by atoms with van der Waals surface area (Å²) in [5.74, 6) is 2.18. The summed E-state index contributed by atoms with van der Waals surface area (Å²) >= 11 is 1.85. The number of fused-ring (bicyclic) bond motifs is 13. The van der Waals surface area contributed by atoms with Gasteiger partial charge in [0, 0.05) is 42.1 Å². The van der Waals surface area contributed by atoms with Gasteiger partial charge in [0.2, 0.25) is 0 Å². The smallest absolute Gasteiger partial charge is 0.165 e. The maximum absolute atomic E-state index is 5.27. The Morgan fingerprint density at radius 1 is 0.358 bits per heavy atom. The second-order valence-electron chi connectivity index (χ2n) is 20.0. The van der Waals surface area contributed by atoms with Crippen molar-refractivity contribution >= 4 is 42.7 Å². The summed E-state index contributed by atoms with van der Waals surface area (Å²) in [5, 5.41) is 2.53. The van der Waals surface area contributed by atoms with Gasteiger partial charge in [-0.1, -0.05) is 166 Å². The van der Waals surface area contributed by atoms with E-state index in [0.717, 1.165) is 41.2 Å². The lowest BCUT2D eigenvalue weighted by molar-refractivity contribution is 0.350. The Kier molecular flexibility index (Phi) is 9.06. The Bertz CT molecular complexity index is 3530. The van der Waals surface area contributed by atoms with Gasteiger partial charge in [-0.3, -0.25) is 0 Å².